The predicted molar refractivity (Wildman–Crippen MR) is 249 cm³/mol. The first-order chi connectivity index (χ1) is 30.9. The maximum absolute atomic E-state index is 14.1. The zero-order valence-corrected chi connectivity index (χ0v) is 38.6. The van der Waals surface area contributed by atoms with Gasteiger partial charge in [0.05, 0.1) is 23.3 Å². The fourth-order valence-corrected chi connectivity index (χ4v) is 10.7. The number of rotatable bonds is 19. The van der Waals surface area contributed by atoms with Gasteiger partial charge in [-0.1, -0.05) is 60.1 Å². The van der Waals surface area contributed by atoms with E-state index < -0.39 is 58.9 Å². The number of carbonyl (C=O) groups is 1. The Labute approximate surface area is 387 Å². The Morgan fingerprint density at radius 2 is 1.60 bits per heavy atom. The highest BCUT2D eigenvalue weighted by Gasteiger charge is 2.48. The van der Waals surface area contributed by atoms with Gasteiger partial charge in [-0.3, -0.25) is 4.79 Å². The van der Waals surface area contributed by atoms with Crippen LogP contribution in [0, 0.1) is 5.92 Å². The Hall–Kier alpha value is -4.66. The highest BCUT2D eigenvalue weighted by atomic mass is 35.5. The lowest BCUT2D eigenvalue weighted by atomic mass is 9.83. The molecule has 5 aromatic carbocycles. The normalized spacial score (nSPS) is 14.9. The van der Waals surface area contributed by atoms with Gasteiger partial charge in [0.15, 0.2) is 0 Å². The highest BCUT2D eigenvalue weighted by Crippen LogP contribution is 2.39. The molecule has 12 nitrogen and oxygen atoms in total. The molecule has 1 saturated heterocycles. The molecule has 1 heterocycles. The van der Waals surface area contributed by atoms with Gasteiger partial charge in [0.25, 0.3) is 25.8 Å². The average molecular weight is 975 g/mol. The monoisotopic (exact) mass is 973 g/mol. The number of alkyl halides is 3. The van der Waals surface area contributed by atoms with Crippen molar-refractivity contribution in [3.63, 3.8) is 0 Å². The van der Waals surface area contributed by atoms with E-state index in [0.717, 1.165) is 45.0 Å². The first kappa shape index (κ1) is 49.8. The SMILES string of the molecule is CN(CCO)CCC(CSc1ccccc1)Nc1ccc(S(=O)(=O)NC(=O)c2ccc(N3CCC(C(O)c4cc(CN)ccc4-c4ccc(Cl)cc4)CC3)cc2)cc1S(=O)(=O)C(F)(F)F. The van der Waals surface area contributed by atoms with Crippen molar-refractivity contribution >= 4 is 60.5 Å². The second-order valence-electron chi connectivity index (χ2n) is 15.8. The number of thioether (sulfide) groups is 1. The minimum atomic E-state index is -6.10. The lowest BCUT2D eigenvalue weighted by molar-refractivity contribution is -0.0435. The molecule has 1 amide bonds. The van der Waals surface area contributed by atoms with Crippen molar-refractivity contribution in [1.29, 1.82) is 0 Å². The summed E-state index contributed by atoms with van der Waals surface area (Å²) >= 11 is 7.51. The molecule has 0 aliphatic carbocycles. The van der Waals surface area contributed by atoms with Gasteiger partial charge in [0.1, 0.15) is 4.90 Å². The number of carbonyl (C=O) groups excluding carboxylic acids is 1. The molecule has 348 valence electrons. The molecule has 1 aliphatic heterocycles. The van der Waals surface area contributed by atoms with E-state index in [1.165, 1.54) is 23.9 Å². The van der Waals surface area contributed by atoms with Crippen LogP contribution in [0.4, 0.5) is 24.5 Å². The molecule has 65 heavy (non-hydrogen) atoms. The van der Waals surface area contributed by atoms with Gasteiger partial charge >= 0.3 is 5.51 Å². The molecule has 0 aromatic heterocycles. The molecular formula is C46H51ClF3N5O7S3. The zero-order chi connectivity index (χ0) is 46.9. The molecule has 2 unspecified atom stereocenters. The maximum Gasteiger partial charge on any atom is 0.501 e. The summed E-state index contributed by atoms with van der Waals surface area (Å²) in [5, 5.41) is 24.5. The number of likely N-dealkylation sites (N-methyl/N-ethyl adjacent to an activating group) is 1. The number of hydrogen-bond acceptors (Lipinski definition) is 12. The summed E-state index contributed by atoms with van der Waals surface area (Å²) < 4.78 is 97.2. The number of aliphatic hydroxyl groups is 2. The molecule has 0 bridgehead atoms. The van der Waals surface area contributed by atoms with Crippen molar-refractivity contribution in [2.24, 2.45) is 11.7 Å². The molecule has 19 heteroatoms. The number of hydrogen-bond donors (Lipinski definition) is 5. The Kier molecular flexibility index (Phi) is 16.7. The van der Waals surface area contributed by atoms with E-state index in [-0.39, 0.29) is 18.1 Å². The quantitative estimate of drug-likeness (QED) is 0.0509. The Morgan fingerprint density at radius 3 is 2.23 bits per heavy atom. The number of amides is 1. The maximum atomic E-state index is 14.1. The number of nitrogens with zero attached hydrogens (tertiary/aromatic N) is 2. The summed E-state index contributed by atoms with van der Waals surface area (Å²) in [5.41, 5.74) is 3.86. The van der Waals surface area contributed by atoms with Crippen LogP contribution in [0.5, 0.6) is 0 Å². The lowest BCUT2D eigenvalue weighted by Gasteiger charge is -2.36. The van der Waals surface area contributed by atoms with E-state index in [0.29, 0.717) is 68.8 Å². The molecule has 1 fully saturated rings. The third-order valence-electron chi connectivity index (χ3n) is 11.3. The number of halogens is 4. The van der Waals surface area contributed by atoms with Gasteiger partial charge in [0, 0.05) is 59.1 Å². The van der Waals surface area contributed by atoms with Gasteiger partial charge in [-0.2, -0.15) is 13.2 Å². The molecular weight excluding hydrogens is 923 g/mol. The van der Waals surface area contributed by atoms with E-state index in [1.54, 1.807) is 36.2 Å². The van der Waals surface area contributed by atoms with Gasteiger partial charge in [-0.25, -0.2) is 21.6 Å². The summed E-state index contributed by atoms with van der Waals surface area (Å²) in [6, 6.07) is 30.2. The summed E-state index contributed by atoms with van der Waals surface area (Å²) in [6.45, 7) is 2.09. The van der Waals surface area contributed by atoms with Crippen molar-refractivity contribution < 1.29 is 45.0 Å². The average Bonchev–Trinajstić information content (AvgIpc) is 3.29. The van der Waals surface area contributed by atoms with Crippen LogP contribution in [0.2, 0.25) is 5.02 Å². The second-order valence-corrected chi connectivity index (χ2v) is 20.9. The smallest absolute Gasteiger partial charge is 0.395 e. The van der Waals surface area contributed by atoms with Crippen molar-refractivity contribution in [1.82, 2.24) is 9.62 Å². The zero-order valence-electron chi connectivity index (χ0n) is 35.4. The fraction of sp³-hybridized carbons (Fsp3) is 0.326. The Balaban J connectivity index is 1.14. The van der Waals surface area contributed by atoms with Crippen molar-refractivity contribution in [3.05, 3.63) is 137 Å². The summed E-state index contributed by atoms with van der Waals surface area (Å²) in [4.78, 5) is 15.9. The molecule has 1 aliphatic rings. The van der Waals surface area contributed by atoms with Gasteiger partial charge in [0.2, 0.25) is 0 Å². The van der Waals surface area contributed by atoms with Crippen LogP contribution in [0.1, 0.15) is 46.9 Å². The third kappa shape index (κ3) is 12.6. The topological polar surface area (TPSA) is 182 Å². The minimum absolute atomic E-state index is 0.0662. The van der Waals surface area contributed by atoms with Gasteiger partial charge in [-0.05, 0) is 128 Å². The van der Waals surface area contributed by atoms with E-state index in [9.17, 15) is 45.0 Å². The van der Waals surface area contributed by atoms with Gasteiger partial charge < -0.3 is 31.1 Å². The van der Waals surface area contributed by atoms with E-state index in [2.05, 4.69) is 10.2 Å². The highest BCUT2D eigenvalue weighted by molar-refractivity contribution is 7.99. The third-order valence-corrected chi connectivity index (χ3v) is 15.6. The molecule has 0 saturated carbocycles. The Morgan fingerprint density at radius 1 is 0.923 bits per heavy atom. The van der Waals surface area contributed by atoms with Crippen LogP contribution in [0.25, 0.3) is 11.1 Å². The van der Waals surface area contributed by atoms with Crippen LogP contribution in [0.3, 0.4) is 0 Å². The van der Waals surface area contributed by atoms with Crippen molar-refractivity contribution in [2.45, 2.75) is 58.1 Å². The summed E-state index contributed by atoms with van der Waals surface area (Å²) in [7, 11) is -9.24. The van der Waals surface area contributed by atoms with E-state index in [4.69, 9.17) is 17.3 Å². The second kappa shape index (κ2) is 21.8. The summed E-state index contributed by atoms with van der Waals surface area (Å²) in [6.07, 6.45) is 0.847. The Bertz CT molecular complexity index is 2620. The lowest BCUT2D eigenvalue weighted by Crippen LogP contribution is -2.36. The predicted octanol–water partition coefficient (Wildman–Crippen LogP) is 7.71. The number of piperidine rings is 1. The number of nitrogens with one attached hydrogen (secondary N) is 2. The van der Waals surface area contributed by atoms with Crippen LogP contribution < -0.4 is 20.7 Å². The first-order valence-electron chi connectivity index (χ1n) is 20.8. The number of sulfonamides is 1. The molecule has 2 atom stereocenters. The van der Waals surface area contributed by atoms with Crippen molar-refractivity contribution in [2.75, 3.05) is 55.8 Å². The molecule has 0 spiro atoms. The van der Waals surface area contributed by atoms with Crippen LogP contribution >= 0.6 is 23.4 Å². The number of aliphatic hydroxyl groups excluding tert-OH is 2. The van der Waals surface area contributed by atoms with E-state index >= 15 is 0 Å². The molecule has 6 N–H and O–H groups in total. The largest absolute Gasteiger partial charge is 0.501 e. The fourth-order valence-electron chi connectivity index (χ4n) is 7.59. The molecule has 0 radical (unpaired) electrons. The van der Waals surface area contributed by atoms with Crippen LogP contribution in [0.15, 0.2) is 130 Å². The number of anilines is 2. The standard InChI is InChI=1S/C46H51ClF3N5O7S3/c1-54(25-26-56)22-21-36(30-63-38-5-3-2-4-6-38)52-42-18-16-39(28-43(42)64(59,60)46(48,49)50)65(61,62)53-45(58)34-10-14-37(15-11-34)55-23-19-33(20-24-55)44(57)41-27-31(29-51)7-17-40(41)32-8-12-35(47)13-9-32/h2-18,27-28,33,36,44,52,56-57H,19-26,29-30,51H2,1H3,(H,53,58). The first-order valence-corrected chi connectivity index (χ1v) is 25.1. The van der Waals surface area contributed by atoms with Crippen molar-refractivity contribution in [3.8, 4) is 11.1 Å². The molecule has 6 rings (SSSR count). The number of benzene rings is 5. The number of sulfone groups is 1. The minimum Gasteiger partial charge on any atom is -0.395 e. The van der Waals surface area contributed by atoms with Crippen LogP contribution in [-0.4, -0.2) is 95.0 Å². The molecule has 5 aromatic rings. The van der Waals surface area contributed by atoms with Gasteiger partial charge in [-0.15, -0.1) is 11.8 Å². The van der Waals surface area contributed by atoms with Crippen LogP contribution in [-0.2, 0) is 26.4 Å². The van der Waals surface area contributed by atoms with E-state index in [1.807, 2.05) is 65.4 Å². The number of nitrogens with two attached hydrogens (primary N) is 1. The summed E-state index contributed by atoms with van der Waals surface area (Å²) in [5.74, 6) is -0.848.